The average molecular weight is 178 g/mol. The van der Waals surface area contributed by atoms with Gasteiger partial charge in [0.2, 0.25) is 0 Å². The maximum absolute atomic E-state index is 11.2. The van der Waals surface area contributed by atoms with E-state index in [1.165, 1.54) is 12.2 Å². The molecule has 1 rings (SSSR count). The van der Waals surface area contributed by atoms with Crippen LogP contribution in [0, 0.1) is 0 Å². The molecule has 0 aliphatic rings. The van der Waals surface area contributed by atoms with Gasteiger partial charge in [-0.15, -0.1) is 0 Å². The van der Waals surface area contributed by atoms with Gasteiger partial charge in [0, 0.05) is 5.22 Å². The van der Waals surface area contributed by atoms with Crippen LogP contribution in [0.25, 0.3) is 12.2 Å². The molecule has 0 aliphatic heterocycles. The summed E-state index contributed by atoms with van der Waals surface area (Å²) < 4.78 is 0. The molecule has 0 amide bonds. The van der Waals surface area contributed by atoms with E-state index in [9.17, 15) is 9.59 Å². The van der Waals surface area contributed by atoms with Crippen molar-refractivity contribution in [2.75, 3.05) is 0 Å². The monoisotopic (exact) mass is 178 g/mol. The van der Waals surface area contributed by atoms with Gasteiger partial charge in [-0.3, -0.25) is 19.8 Å². The molecule has 2 N–H and O–H groups in total. The molecule has 13 heavy (non-hydrogen) atoms. The molecule has 1 aromatic rings. The zero-order valence-corrected chi connectivity index (χ0v) is 7.26. The van der Waals surface area contributed by atoms with E-state index >= 15 is 0 Å². The van der Waals surface area contributed by atoms with Gasteiger partial charge >= 0.3 is 0 Å². The first-order valence-corrected chi connectivity index (χ1v) is 3.80. The van der Waals surface area contributed by atoms with Crippen LogP contribution in [0.15, 0.2) is 22.2 Å². The molecule has 4 heteroatoms. The first kappa shape index (κ1) is 9.25. The minimum Gasteiger partial charge on any atom is -0.267 e. The smallest absolute Gasteiger partial charge is 0.267 e. The van der Waals surface area contributed by atoms with Gasteiger partial charge in [-0.2, -0.15) is 0 Å². The van der Waals surface area contributed by atoms with Crippen LogP contribution >= 0.6 is 0 Å². The number of nitrogens with one attached hydrogen (secondary N) is 2. The molecule has 0 spiro atoms. The van der Waals surface area contributed by atoms with E-state index in [-0.39, 0.29) is 11.1 Å². The van der Waals surface area contributed by atoms with Gasteiger partial charge < -0.3 is 0 Å². The summed E-state index contributed by atoms with van der Waals surface area (Å²) in [6.45, 7) is 5.17. The normalized spacial score (nSPS) is 13.3. The lowest BCUT2D eigenvalue weighted by Gasteiger charge is -1.86. The maximum atomic E-state index is 11.2. The van der Waals surface area contributed by atoms with Gasteiger partial charge in [-0.1, -0.05) is 18.7 Å². The Kier molecular flexibility index (Phi) is 2.64. The van der Waals surface area contributed by atoms with Crippen molar-refractivity contribution in [3.63, 3.8) is 0 Å². The lowest BCUT2D eigenvalue weighted by Crippen LogP contribution is -2.50. The van der Waals surface area contributed by atoms with E-state index < -0.39 is 0 Å². The summed E-state index contributed by atoms with van der Waals surface area (Å²) >= 11 is 0. The Morgan fingerprint density at radius 2 is 1.69 bits per heavy atom. The number of aromatic nitrogens is 2. The highest BCUT2D eigenvalue weighted by Gasteiger charge is 1.93. The molecule has 1 heterocycles. The SMILES string of the molecule is C=C/C=c1/c(=O)[nH][nH]c(=O)/c1=C/C. The maximum Gasteiger partial charge on any atom is 0.270 e. The predicted molar refractivity (Wildman–Crippen MR) is 51.7 cm³/mol. The van der Waals surface area contributed by atoms with Crippen molar-refractivity contribution in [3.05, 3.63) is 43.8 Å². The second kappa shape index (κ2) is 3.71. The summed E-state index contributed by atoms with van der Waals surface area (Å²) in [5.74, 6) is 0. The number of rotatable bonds is 1. The van der Waals surface area contributed by atoms with Crippen molar-refractivity contribution in [1.29, 1.82) is 0 Å². The molecule has 0 fully saturated rings. The summed E-state index contributed by atoms with van der Waals surface area (Å²) in [5.41, 5.74) is -0.636. The Labute approximate surface area is 73.9 Å². The molecule has 68 valence electrons. The fourth-order valence-corrected chi connectivity index (χ4v) is 1.06. The summed E-state index contributed by atoms with van der Waals surface area (Å²) in [6.07, 6.45) is 4.56. The van der Waals surface area contributed by atoms with Crippen LogP contribution < -0.4 is 21.6 Å². The number of H-pyrrole nitrogens is 2. The first-order valence-electron chi connectivity index (χ1n) is 3.80. The topological polar surface area (TPSA) is 65.7 Å². The van der Waals surface area contributed by atoms with Crippen LogP contribution in [0.1, 0.15) is 6.92 Å². The van der Waals surface area contributed by atoms with E-state index in [2.05, 4.69) is 16.8 Å². The van der Waals surface area contributed by atoms with Gasteiger partial charge in [-0.25, -0.2) is 0 Å². The molecule has 0 saturated carbocycles. The molecule has 0 atom stereocenters. The Bertz CT molecular complexity index is 534. The minimum absolute atomic E-state index is 0.310. The highest BCUT2D eigenvalue weighted by molar-refractivity contribution is 5.36. The highest BCUT2D eigenvalue weighted by Crippen LogP contribution is 1.58. The fourth-order valence-electron chi connectivity index (χ4n) is 1.06. The Balaban J connectivity index is 3.98. The lowest BCUT2D eigenvalue weighted by molar-refractivity contribution is 0.924. The first-order chi connectivity index (χ1) is 6.20. The zero-order valence-electron chi connectivity index (χ0n) is 7.26. The molecule has 4 nitrogen and oxygen atoms in total. The summed E-state index contributed by atoms with van der Waals surface area (Å²) in [7, 11) is 0. The highest BCUT2D eigenvalue weighted by atomic mass is 16.1. The zero-order chi connectivity index (χ0) is 9.84. The Hall–Kier alpha value is -1.84. The van der Waals surface area contributed by atoms with E-state index in [1.807, 2.05) is 0 Å². The van der Waals surface area contributed by atoms with Crippen LogP contribution in [-0.4, -0.2) is 10.2 Å². The van der Waals surface area contributed by atoms with E-state index in [1.54, 1.807) is 13.0 Å². The number of hydrogen-bond donors (Lipinski definition) is 2. The molecular weight excluding hydrogens is 168 g/mol. The molecule has 0 aliphatic carbocycles. The lowest BCUT2D eigenvalue weighted by atomic mass is 10.3. The number of hydrogen-bond acceptors (Lipinski definition) is 2. The van der Waals surface area contributed by atoms with E-state index in [0.29, 0.717) is 10.4 Å². The average Bonchev–Trinajstić information content (AvgIpc) is 2.12. The Morgan fingerprint density at radius 1 is 1.15 bits per heavy atom. The third-order valence-electron chi connectivity index (χ3n) is 1.64. The quantitative estimate of drug-likeness (QED) is 0.569. The van der Waals surface area contributed by atoms with Crippen LogP contribution in [0.3, 0.4) is 0 Å². The van der Waals surface area contributed by atoms with Crippen molar-refractivity contribution in [3.8, 4) is 0 Å². The third-order valence-corrected chi connectivity index (χ3v) is 1.64. The van der Waals surface area contributed by atoms with E-state index in [4.69, 9.17) is 0 Å². The Morgan fingerprint density at radius 3 is 2.15 bits per heavy atom. The van der Waals surface area contributed by atoms with Gasteiger partial charge in [0.15, 0.2) is 0 Å². The van der Waals surface area contributed by atoms with Crippen LogP contribution in [0.2, 0.25) is 0 Å². The summed E-state index contributed by atoms with van der Waals surface area (Å²) in [5, 5.41) is 5.17. The van der Waals surface area contributed by atoms with Crippen molar-refractivity contribution in [2.24, 2.45) is 0 Å². The van der Waals surface area contributed by atoms with Crippen molar-refractivity contribution < 1.29 is 0 Å². The van der Waals surface area contributed by atoms with Gasteiger partial charge in [0.05, 0.1) is 5.22 Å². The molecule has 0 aromatic carbocycles. The summed E-state index contributed by atoms with van der Waals surface area (Å²) in [4.78, 5) is 22.4. The molecular formula is C9H10N2O2. The van der Waals surface area contributed by atoms with Crippen molar-refractivity contribution >= 4 is 12.2 Å². The van der Waals surface area contributed by atoms with Gasteiger partial charge in [0.1, 0.15) is 0 Å². The number of allylic oxidation sites excluding steroid dienone is 1. The standard InChI is InChI=1S/C9H10N2O2/c1-3-5-7-6(4-2)8(12)10-11-9(7)13/h3-5H,1H2,2H3,(H,10,12)(H,11,13)/b6-4+,7-5+. The van der Waals surface area contributed by atoms with Crippen LogP contribution in [0.4, 0.5) is 0 Å². The predicted octanol–water partition coefficient (Wildman–Crippen LogP) is -1.17. The second-order valence-electron chi connectivity index (χ2n) is 2.43. The largest absolute Gasteiger partial charge is 0.270 e. The molecule has 0 bridgehead atoms. The van der Waals surface area contributed by atoms with Gasteiger partial charge in [-0.05, 0) is 13.0 Å². The fraction of sp³-hybridized carbons (Fsp3) is 0.111. The third kappa shape index (κ3) is 1.66. The molecule has 0 radical (unpaired) electrons. The summed E-state index contributed by atoms with van der Waals surface area (Å²) in [6, 6.07) is 0. The minimum atomic E-state index is -0.326. The van der Waals surface area contributed by atoms with Crippen LogP contribution in [0.5, 0.6) is 0 Å². The van der Waals surface area contributed by atoms with Crippen LogP contribution in [-0.2, 0) is 0 Å². The van der Waals surface area contributed by atoms with Gasteiger partial charge in [0.25, 0.3) is 11.1 Å². The number of aromatic amines is 2. The van der Waals surface area contributed by atoms with Crippen molar-refractivity contribution in [1.82, 2.24) is 10.2 Å². The molecule has 1 aromatic heterocycles. The van der Waals surface area contributed by atoms with E-state index in [0.717, 1.165) is 0 Å². The molecule has 0 saturated heterocycles. The molecule has 0 unspecified atom stereocenters. The second-order valence-corrected chi connectivity index (χ2v) is 2.43. The van der Waals surface area contributed by atoms with Crippen molar-refractivity contribution in [2.45, 2.75) is 6.92 Å².